The van der Waals surface area contributed by atoms with E-state index in [1.54, 1.807) is 50.6 Å². The van der Waals surface area contributed by atoms with Gasteiger partial charge in [-0.05, 0) is 42.5 Å². The minimum atomic E-state index is -0.972. The predicted molar refractivity (Wildman–Crippen MR) is 178 cm³/mol. The van der Waals surface area contributed by atoms with E-state index >= 15 is 0 Å². The number of carbonyl (C=O) groups is 2. The number of anilines is 1. The number of methoxy groups -OCH3 is 2. The zero-order valence-corrected chi connectivity index (χ0v) is 28.6. The maximum atomic E-state index is 13.4. The maximum Gasteiger partial charge on any atom is 0.407 e. The minimum absolute atomic E-state index is 0.0237. The summed E-state index contributed by atoms with van der Waals surface area (Å²) in [5.74, 6) is 1.06. The number of nitrogen functional groups attached to an aromatic ring is 1. The van der Waals surface area contributed by atoms with Gasteiger partial charge in [0.15, 0.2) is 25.0 Å². The van der Waals surface area contributed by atoms with Crippen LogP contribution in [0, 0.1) is 5.41 Å². The van der Waals surface area contributed by atoms with E-state index in [1.807, 2.05) is 20.8 Å². The minimum Gasteiger partial charge on any atom is -0.467 e. The van der Waals surface area contributed by atoms with Crippen LogP contribution in [0.25, 0.3) is 11.3 Å². The van der Waals surface area contributed by atoms with E-state index in [4.69, 9.17) is 43.4 Å². The summed E-state index contributed by atoms with van der Waals surface area (Å²) in [5, 5.41) is 16.8. The number of carboxylic acid groups (broad SMARTS) is 1. The third-order valence-corrected chi connectivity index (χ3v) is 7.79. The Kier molecular flexibility index (Phi) is 13.5. The van der Waals surface area contributed by atoms with Crippen molar-refractivity contribution < 1.29 is 52.4 Å². The lowest BCUT2D eigenvalue weighted by Crippen LogP contribution is -2.56. The number of amides is 2. The van der Waals surface area contributed by atoms with Gasteiger partial charge in [0.2, 0.25) is 0 Å². The highest BCUT2D eigenvalue weighted by Gasteiger charge is 2.39. The third kappa shape index (κ3) is 10.7. The quantitative estimate of drug-likeness (QED) is 0.0979. The van der Waals surface area contributed by atoms with E-state index in [9.17, 15) is 14.7 Å². The molecule has 4 rings (SSSR count). The average molecular weight is 687 g/mol. The summed E-state index contributed by atoms with van der Waals surface area (Å²) in [7, 11) is 3.14. The molecule has 0 bridgehead atoms. The molecule has 268 valence electrons. The van der Waals surface area contributed by atoms with Gasteiger partial charge in [-0.1, -0.05) is 25.9 Å². The average Bonchev–Trinajstić information content (AvgIpc) is 3.55. The number of piperidine rings is 1. The van der Waals surface area contributed by atoms with E-state index in [1.165, 1.54) is 11.0 Å². The molecule has 15 heteroatoms. The highest BCUT2D eigenvalue weighted by molar-refractivity contribution is 5.93. The van der Waals surface area contributed by atoms with Crippen LogP contribution in [0.2, 0.25) is 0 Å². The highest BCUT2D eigenvalue weighted by atomic mass is 16.7. The normalized spacial score (nSPS) is 16.3. The molecule has 0 saturated carbocycles. The van der Waals surface area contributed by atoms with Crippen LogP contribution in [-0.2, 0) is 18.9 Å². The number of carbonyl (C=O) groups excluding carboxylic acids is 1. The van der Waals surface area contributed by atoms with Crippen LogP contribution in [0.1, 0.15) is 44.1 Å². The number of benzene rings is 2. The second-order valence-electron chi connectivity index (χ2n) is 12.4. The van der Waals surface area contributed by atoms with E-state index in [0.717, 1.165) is 0 Å². The van der Waals surface area contributed by atoms with Crippen molar-refractivity contribution in [1.82, 2.24) is 15.4 Å². The first-order valence-corrected chi connectivity index (χ1v) is 15.9. The molecule has 1 fully saturated rings. The highest BCUT2D eigenvalue weighted by Crippen LogP contribution is 2.44. The van der Waals surface area contributed by atoms with Gasteiger partial charge < -0.3 is 58.7 Å². The smallest absolute Gasteiger partial charge is 0.407 e. The Balaban J connectivity index is 1.63. The number of ether oxygens (including phenoxy) is 7. The SMILES string of the molecule is COCCOCOc1cc(OCOCCOC)c(-c2cc(C(=O)NC3CCN(C(=O)O)C(C(C)(C)C)C3)no2)c(Oc2ccc(N)cc2)c1. The molecular weight excluding hydrogens is 640 g/mol. The van der Waals surface area contributed by atoms with E-state index in [-0.39, 0.29) is 60.6 Å². The van der Waals surface area contributed by atoms with Gasteiger partial charge in [-0.15, -0.1) is 0 Å². The Morgan fingerprint density at radius 3 is 2.24 bits per heavy atom. The summed E-state index contributed by atoms with van der Waals surface area (Å²) in [6.07, 6.45) is -0.0455. The molecule has 0 aliphatic carbocycles. The fraction of sp³-hybridized carbons (Fsp3) is 0.500. The van der Waals surface area contributed by atoms with Crippen LogP contribution in [0.3, 0.4) is 0 Å². The van der Waals surface area contributed by atoms with Gasteiger partial charge in [0, 0.05) is 56.7 Å². The van der Waals surface area contributed by atoms with Crippen LogP contribution in [0.4, 0.5) is 10.5 Å². The number of hydrogen-bond acceptors (Lipinski definition) is 12. The number of nitrogens with two attached hydrogens (primary N) is 1. The Bertz CT molecular complexity index is 1510. The maximum absolute atomic E-state index is 13.4. The lowest BCUT2D eigenvalue weighted by Gasteiger charge is -2.44. The molecule has 15 nitrogen and oxygen atoms in total. The van der Waals surface area contributed by atoms with Crippen molar-refractivity contribution in [2.24, 2.45) is 5.41 Å². The number of rotatable bonds is 17. The molecule has 0 spiro atoms. The summed E-state index contributed by atoms with van der Waals surface area (Å²) in [6, 6.07) is 11.0. The fourth-order valence-electron chi connectivity index (χ4n) is 5.27. The molecule has 0 radical (unpaired) electrons. The Morgan fingerprint density at radius 2 is 1.61 bits per heavy atom. The standard InChI is InChI=1S/C34H46N4O11/c1-34(2,3)30-16-23(10-11-38(30)33(40)41)36-32(39)26-19-29(49-37-26)31-27(47-21-45-15-13-43-5)17-25(46-20-44-14-12-42-4)18-28(31)48-24-8-6-22(35)7-9-24/h6-9,17-19,23,30H,10-16,20-21,35H2,1-5H3,(H,36,39)(H,40,41). The summed E-state index contributed by atoms with van der Waals surface area (Å²) >= 11 is 0. The molecule has 49 heavy (non-hydrogen) atoms. The molecule has 3 aromatic rings. The summed E-state index contributed by atoms with van der Waals surface area (Å²) in [6.45, 7) is 7.44. The van der Waals surface area contributed by atoms with Gasteiger partial charge >= 0.3 is 6.09 Å². The van der Waals surface area contributed by atoms with Crippen molar-refractivity contribution in [1.29, 1.82) is 0 Å². The molecule has 2 atom stereocenters. The third-order valence-electron chi connectivity index (χ3n) is 7.79. The van der Waals surface area contributed by atoms with Crippen LogP contribution in [0.5, 0.6) is 23.0 Å². The zero-order valence-electron chi connectivity index (χ0n) is 28.6. The lowest BCUT2D eigenvalue weighted by atomic mass is 9.79. The molecular formula is C34H46N4O11. The van der Waals surface area contributed by atoms with Gasteiger partial charge in [-0.25, -0.2) is 4.79 Å². The van der Waals surface area contributed by atoms with Gasteiger partial charge in [0.05, 0.1) is 26.4 Å². The molecule has 2 amide bonds. The van der Waals surface area contributed by atoms with E-state index < -0.39 is 12.0 Å². The summed E-state index contributed by atoms with van der Waals surface area (Å²) in [4.78, 5) is 26.7. The number of nitrogens with one attached hydrogen (secondary N) is 1. The number of likely N-dealkylation sites (tertiary alicyclic amines) is 1. The van der Waals surface area contributed by atoms with E-state index in [2.05, 4.69) is 10.5 Å². The first-order valence-electron chi connectivity index (χ1n) is 15.9. The molecule has 4 N–H and O–H groups in total. The molecule has 2 unspecified atom stereocenters. The fourth-order valence-corrected chi connectivity index (χ4v) is 5.27. The van der Waals surface area contributed by atoms with Crippen molar-refractivity contribution in [3.8, 4) is 34.3 Å². The van der Waals surface area contributed by atoms with Crippen LogP contribution in [-0.4, -0.2) is 100 Å². The Hall–Kier alpha value is -4.57. The van der Waals surface area contributed by atoms with Gasteiger partial charge in [0.25, 0.3) is 5.91 Å². The summed E-state index contributed by atoms with van der Waals surface area (Å²) in [5.41, 5.74) is 6.49. The molecule has 1 aromatic heterocycles. The van der Waals surface area contributed by atoms with Gasteiger partial charge in [0.1, 0.15) is 28.6 Å². The van der Waals surface area contributed by atoms with Crippen LogP contribution in [0.15, 0.2) is 47.0 Å². The van der Waals surface area contributed by atoms with Gasteiger partial charge in [-0.2, -0.15) is 0 Å². The van der Waals surface area contributed by atoms with Crippen molar-refractivity contribution in [3.05, 3.63) is 48.2 Å². The first kappa shape index (κ1) is 37.3. The van der Waals surface area contributed by atoms with Gasteiger partial charge in [-0.3, -0.25) is 4.79 Å². The number of nitrogens with zero attached hydrogens (tertiary/aromatic N) is 2. The first-order chi connectivity index (χ1) is 23.5. The molecule has 1 aliphatic heterocycles. The van der Waals surface area contributed by atoms with Crippen molar-refractivity contribution >= 4 is 17.7 Å². The second kappa shape index (κ2) is 17.7. The lowest BCUT2D eigenvalue weighted by molar-refractivity contribution is -0.0116. The zero-order chi connectivity index (χ0) is 35.4. The molecule has 2 heterocycles. The largest absolute Gasteiger partial charge is 0.467 e. The number of hydrogen-bond donors (Lipinski definition) is 3. The van der Waals surface area contributed by atoms with Crippen molar-refractivity contribution in [2.75, 3.05) is 66.5 Å². The molecule has 2 aromatic carbocycles. The summed E-state index contributed by atoms with van der Waals surface area (Å²) < 4.78 is 45.0. The molecule has 1 saturated heterocycles. The number of aromatic nitrogens is 1. The Labute approximate surface area is 285 Å². The van der Waals surface area contributed by atoms with Crippen LogP contribution >= 0.6 is 0 Å². The topological polar surface area (TPSA) is 186 Å². The Morgan fingerprint density at radius 1 is 0.959 bits per heavy atom. The van der Waals surface area contributed by atoms with E-state index in [0.29, 0.717) is 62.0 Å². The van der Waals surface area contributed by atoms with Crippen molar-refractivity contribution in [2.45, 2.75) is 45.7 Å². The monoisotopic (exact) mass is 686 g/mol. The predicted octanol–water partition coefficient (Wildman–Crippen LogP) is 5.00. The van der Waals surface area contributed by atoms with Crippen LogP contribution < -0.4 is 25.3 Å². The second-order valence-corrected chi connectivity index (χ2v) is 12.4. The molecule has 1 aliphatic rings. The van der Waals surface area contributed by atoms with Crippen molar-refractivity contribution in [3.63, 3.8) is 0 Å².